The smallest absolute Gasteiger partial charge is 0.253 e. The fourth-order valence-electron chi connectivity index (χ4n) is 1.61. The van der Waals surface area contributed by atoms with Crippen LogP contribution in [-0.2, 0) is 0 Å². The quantitative estimate of drug-likeness (QED) is 0.788. The van der Waals surface area contributed by atoms with E-state index in [2.05, 4.69) is 11.8 Å². The van der Waals surface area contributed by atoms with Gasteiger partial charge in [-0.3, -0.25) is 4.79 Å². The fourth-order valence-corrected chi connectivity index (χ4v) is 1.61. The molecule has 0 bridgehead atoms. The van der Waals surface area contributed by atoms with Crippen LogP contribution in [-0.4, -0.2) is 47.8 Å². The third kappa shape index (κ3) is 4.40. The lowest BCUT2D eigenvalue weighted by Gasteiger charge is -2.17. The summed E-state index contributed by atoms with van der Waals surface area (Å²) >= 11 is 0. The molecule has 0 aliphatic carbocycles. The first-order valence-corrected chi connectivity index (χ1v) is 6.17. The Kier molecular flexibility index (Phi) is 6.07. The molecule has 0 aliphatic rings. The standard InChI is InChI=1S/C15H19NO3/c1-12-6-7-13(5-3-4-9-17)11-14(12)15(19)16(2)8-10-18/h6-7,11,17-18H,4,8-10H2,1-2H3. The maximum absolute atomic E-state index is 12.2. The highest BCUT2D eigenvalue weighted by molar-refractivity contribution is 5.95. The summed E-state index contributed by atoms with van der Waals surface area (Å²) in [7, 11) is 1.65. The molecule has 0 heterocycles. The zero-order valence-corrected chi connectivity index (χ0v) is 11.3. The average molecular weight is 261 g/mol. The number of rotatable bonds is 4. The van der Waals surface area contributed by atoms with Crippen LogP contribution < -0.4 is 0 Å². The molecule has 1 rings (SSSR count). The molecule has 0 aromatic heterocycles. The molecule has 4 heteroatoms. The molecular formula is C15H19NO3. The molecule has 2 N–H and O–H groups in total. The first-order valence-electron chi connectivity index (χ1n) is 6.17. The molecule has 0 spiro atoms. The maximum Gasteiger partial charge on any atom is 0.253 e. The predicted molar refractivity (Wildman–Crippen MR) is 73.8 cm³/mol. The van der Waals surface area contributed by atoms with Gasteiger partial charge in [0.25, 0.3) is 5.91 Å². The molecule has 19 heavy (non-hydrogen) atoms. The number of benzene rings is 1. The number of aliphatic hydroxyl groups excluding tert-OH is 2. The van der Waals surface area contributed by atoms with E-state index in [0.717, 1.165) is 11.1 Å². The zero-order valence-electron chi connectivity index (χ0n) is 11.3. The number of aliphatic hydroxyl groups is 2. The Labute approximate surface area is 113 Å². The molecule has 0 radical (unpaired) electrons. The minimum atomic E-state index is -0.127. The van der Waals surface area contributed by atoms with Crippen LogP contribution in [0.1, 0.15) is 27.9 Å². The first-order chi connectivity index (χ1) is 9.10. The molecule has 4 nitrogen and oxygen atoms in total. The van der Waals surface area contributed by atoms with Crippen LogP contribution in [0.15, 0.2) is 18.2 Å². The Bertz CT molecular complexity index is 500. The topological polar surface area (TPSA) is 60.8 Å². The summed E-state index contributed by atoms with van der Waals surface area (Å²) in [4.78, 5) is 13.6. The fraction of sp³-hybridized carbons (Fsp3) is 0.400. The lowest BCUT2D eigenvalue weighted by molar-refractivity contribution is 0.0766. The van der Waals surface area contributed by atoms with Gasteiger partial charge in [-0.05, 0) is 24.6 Å². The van der Waals surface area contributed by atoms with E-state index in [1.54, 1.807) is 13.1 Å². The van der Waals surface area contributed by atoms with Gasteiger partial charge >= 0.3 is 0 Å². The summed E-state index contributed by atoms with van der Waals surface area (Å²) in [6.45, 7) is 2.14. The summed E-state index contributed by atoms with van der Waals surface area (Å²) in [5.41, 5.74) is 2.22. The van der Waals surface area contributed by atoms with Crippen LogP contribution in [0.4, 0.5) is 0 Å². The van der Waals surface area contributed by atoms with Gasteiger partial charge in [0, 0.05) is 31.1 Å². The number of carbonyl (C=O) groups excluding carboxylic acids is 1. The number of hydrogen-bond donors (Lipinski definition) is 2. The number of aryl methyl sites for hydroxylation is 1. The van der Waals surface area contributed by atoms with E-state index >= 15 is 0 Å². The van der Waals surface area contributed by atoms with Crippen molar-refractivity contribution in [2.24, 2.45) is 0 Å². The predicted octanol–water partition coefficient (Wildman–Crippen LogP) is 0.793. The van der Waals surface area contributed by atoms with Gasteiger partial charge in [-0.15, -0.1) is 0 Å². The van der Waals surface area contributed by atoms with E-state index < -0.39 is 0 Å². The van der Waals surface area contributed by atoms with E-state index in [1.807, 2.05) is 19.1 Å². The van der Waals surface area contributed by atoms with Gasteiger partial charge in [0.2, 0.25) is 0 Å². The third-order valence-corrected chi connectivity index (χ3v) is 2.72. The number of likely N-dealkylation sites (N-methyl/N-ethyl adjacent to an activating group) is 1. The van der Waals surface area contributed by atoms with Crippen LogP contribution in [0.25, 0.3) is 0 Å². The van der Waals surface area contributed by atoms with Crippen LogP contribution in [0.5, 0.6) is 0 Å². The minimum absolute atomic E-state index is 0.0316. The van der Waals surface area contributed by atoms with Crippen LogP contribution in [0.3, 0.4) is 0 Å². The van der Waals surface area contributed by atoms with Gasteiger partial charge in [-0.1, -0.05) is 17.9 Å². The van der Waals surface area contributed by atoms with Crippen molar-refractivity contribution < 1.29 is 15.0 Å². The summed E-state index contributed by atoms with van der Waals surface area (Å²) in [6.07, 6.45) is 0.418. The van der Waals surface area contributed by atoms with Crippen molar-refractivity contribution in [3.63, 3.8) is 0 Å². The summed E-state index contributed by atoms with van der Waals surface area (Å²) in [5.74, 6) is 5.61. The monoisotopic (exact) mass is 261 g/mol. The second kappa shape index (κ2) is 7.57. The van der Waals surface area contributed by atoms with E-state index in [4.69, 9.17) is 10.2 Å². The van der Waals surface area contributed by atoms with Crippen LogP contribution >= 0.6 is 0 Å². The second-order valence-electron chi connectivity index (χ2n) is 4.26. The summed E-state index contributed by atoms with van der Waals surface area (Å²) in [5, 5.41) is 17.5. The van der Waals surface area contributed by atoms with Gasteiger partial charge < -0.3 is 15.1 Å². The van der Waals surface area contributed by atoms with Crippen molar-refractivity contribution in [1.29, 1.82) is 0 Å². The molecule has 1 amide bonds. The minimum Gasteiger partial charge on any atom is -0.395 e. The largest absolute Gasteiger partial charge is 0.395 e. The molecule has 1 aromatic carbocycles. The van der Waals surface area contributed by atoms with E-state index in [9.17, 15) is 4.79 Å². The summed E-state index contributed by atoms with van der Waals surface area (Å²) < 4.78 is 0. The van der Waals surface area contributed by atoms with Gasteiger partial charge in [0.15, 0.2) is 0 Å². The van der Waals surface area contributed by atoms with Crippen molar-refractivity contribution in [1.82, 2.24) is 4.90 Å². The number of hydrogen-bond acceptors (Lipinski definition) is 3. The zero-order chi connectivity index (χ0) is 14.3. The Balaban J connectivity index is 2.98. The van der Waals surface area contributed by atoms with E-state index in [-0.39, 0.29) is 19.1 Å². The molecule has 0 saturated heterocycles. The molecule has 0 unspecified atom stereocenters. The maximum atomic E-state index is 12.2. The molecule has 1 aromatic rings. The molecular weight excluding hydrogens is 242 g/mol. The Hall–Kier alpha value is -1.83. The summed E-state index contributed by atoms with van der Waals surface area (Å²) in [6, 6.07) is 5.45. The van der Waals surface area contributed by atoms with Gasteiger partial charge in [-0.2, -0.15) is 0 Å². The molecule has 102 valence electrons. The molecule has 0 fully saturated rings. The normalized spacial score (nSPS) is 9.68. The average Bonchev–Trinajstić information content (AvgIpc) is 2.40. The SMILES string of the molecule is Cc1ccc(C#CCCO)cc1C(=O)N(C)CCO. The van der Waals surface area contributed by atoms with Gasteiger partial charge in [0.05, 0.1) is 13.2 Å². The number of carbonyl (C=O) groups is 1. The van der Waals surface area contributed by atoms with Crippen molar-refractivity contribution in [2.75, 3.05) is 26.8 Å². The number of amides is 1. The second-order valence-corrected chi connectivity index (χ2v) is 4.26. The van der Waals surface area contributed by atoms with E-state index in [0.29, 0.717) is 18.5 Å². The van der Waals surface area contributed by atoms with Crippen molar-refractivity contribution in [3.05, 3.63) is 34.9 Å². The van der Waals surface area contributed by atoms with Gasteiger partial charge in [-0.25, -0.2) is 0 Å². The van der Waals surface area contributed by atoms with Crippen LogP contribution in [0, 0.1) is 18.8 Å². The van der Waals surface area contributed by atoms with Crippen molar-refractivity contribution in [3.8, 4) is 11.8 Å². The lowest BCUT2D eigenvalue weighted by Crippen LogP contribution is -2.30. The molecule has 0 atom stereocenters. The molecule has 0 aliphatic heterocycles. The third-order valence-electron chi connectivity index (χ3n) is 2.72. The molecule has 0 saturated carbocycles. The highest BCUT2D eigenvalue weighted by atomic mass is 16.3. The lowest BCUT2D eigenvalue weighted by atomic mass is 10.0. The Morgan fingerprint density at radius 3 is 2.68 bits per heavy atom. The Morgan fingerprint density at radius 1 is 1.32 bits per heavy atom. The van der Waals surface area contributed by atoms with E-state index in [1.165, 1.54) is 4.90 Å². The highest BCUT2D eigenvalue weighted by Crippen LogP contribution is 2.13. The van der Waals surface area contributed by atoms with Crippen molar-refractivity contribution >= 4 is 5.91 Å². The first kappa shape index (κ1) is 15.2. The number of nitrogens with zero attached hydrogens (tertiary/aromatic N) is 1. The van der Waals surface area contributed by atoms with Crippen molar-refractivity contribution in [2.45, 2.75) is 13.3 Å². The Morgan fingerprint density at radius 2 is 2.05 bits per heavy atom. The van der Waals surface area contributed by atoms with Crippen LogP contribution in [0.2, 0.25) is 0 Å². The highest BCUT2D eigenvalue weighted by Gasteiger charge is 2.13. The van der Waals surface area contributed by atoms with Gasteiger partial charge in [0.1, 0.15) is 0 Å².